The second kappa shape index (κ2) is 3.53. The summed E-state index contributed by atoms with van der Waals surface area (Å²) in [4.78, 5) is 9.32. The smallest absolute Gasteiger partial charge is 0.138 e. The van der Waals surface area contributed by atoms with Crippen LogP contribution in [0.1, 0.15) is 0 Å². The van der Waals surface area contributed by atoms with Crippen LogP contribution in [-0.2, 0) is 0 Å². The highest BCUT2D eigenvalue weighted by Crippen LogP contribution is 2.23. The van der Waals surface area contributed by atoms with E-state index >= 15 is 0 Å². The van der Waals surface area contributed by atoms with Crippen LogP contribution in [0.15, 0.2) is 30.4 Å². The second-order valence-electron chi connectivity index (χ2n) is 2.53. The molecule has 3 nitrogen and oxygen atoms in total. The molecule has 0 radical (unpaired) electrons. The summed E-state index contributed by atoms with van der Waals surface area (Å²) in [6.45, 7) is 4.36. The SMILES string of the molecule is C=CCNc1ncnc2sccc12. The van der Waals surface area contributed by atoms with Gasteiger partial charge < -0.3 is 5.32 Å². The average molecular weight is 191 g/mol. The number of nitrogens with one attached hydrogen (secondary N) is 1. The van der Waals surface area contributed by atoms with Crippen molar-refractivity contribution in [3.63, 3.8) is 0 Å². The van der Waals surface area contributed by atoms with Crippen LogP contribution in [0.3, 0.4) is 0 Å². The van der Waals surface area contributed by atoms with Crippen LogP contribution >= 0.6 is 11.3 Å². The Morgan fingerprint density at radius 1 is 1.54 bits per heavy atom. The second-order valence-corrected chi connectivity index (χ2v) is 3.43. The summed E-state index contributed by atoms with van der Waals surface area (Å²) in [7, 11) is 0. The van der Waals surface area contributed by atoms with E-state index < -0.39 is 0 Å². The molecule has 2 aromatic heterocycles. The molecule has 0 aromatic carbocycles. The van der Waals surface area contributed by atoms with Crippen LogP contribution in [0, 0.1) is 0 Å². The topological polar surface area (TPSA) is 37.8 Å². The number of fused-ring (bicyclic) bond motifs is 1. The molecule has 13 heavy (non-hydrogen) atoms. The molecule has 0 aliphatic carbocycles. The van der Waals surface area contributed by atoms with E-state index in [2.05, 4.69) is 21.9 Å². The van der Waals surface area contributed by atoms with E-state index in [4.69, 9.17) is 0 Å². The van der Waals surface area contributed by atoms with Crippen LogP contribution in [0.2, 0.25) is 0 Å². The molecule has 0 aliphatic rings. The highest BCUT2D eigenvalue weighted by Gasteiger charge is 2.01. The van der Waals surface area contributed by atoms with Crippen molar-refractivity contribution in [1.29, 1.82) is 0 Å². The van der Waals surface area contributed by atoms with Gasteiger partial charge in [-0.1, -0.05) is 6.08 Å². The lowest BCUT2D eigenvalue weighted by molar-refractivity contribution is 1.19. The summed E-state index contributed by atoms with van der Waals surface area (Å²) >= 11 is 1.62. The Morgan fingerprint density at radius 2 is 2.46 bits per heavy atom. The fourth-order valence-corrected chi connectivity index (χ4v) is 1.83. The van der Waals surface area contributed by atoms with Gasteiger partial charge in [-0.25, -0.2) is 9.97 Å². The van der Waals surface area contributed by atoms with Crippen LogP contribution in [0.4, 0.5) is 5.82 Å². The van der Waals surface area contributed by atoms with Gasteiger partial charge in [-0.15, -0.1) is 17.9 Å². The van der Waals surface area contributed by atoms with Crippen molar-refractivity contribution >= 4 is 27.4 Å². The minimum absolute atomic E-state index is 0.724. The first-order valence-corrected chi connectivity index (χ1v) is 4.83. The third-order valence-electron chi connectivity index (χ3n) is 1.68. The average Bonchev–Trinajstić information content (AvgIpc) is 2.62. The molecule has 0 bridgehead atoms. The molecular weight excluding hydrogens is 182 g/mol. The maximum Gasteiger partial charge on any atom is 0.138 e. The monoisotopic (exact) mass is 191 g/mol. The highest BCUT2D eigenvalue weighted by molar-refractivity contribution is 7.16. The van der Waals surface area contributed by atoms with Crippen molar-refractivity contribution in [3.05, 3.63) is 30.4 Å². The first kappa shape index (κ1) is 8.19. The highest BCUT2D eigenvalue weighted by atomic mass is 32.1. The zero-order chi connectivity index (χ0) is 9.10. The zero-order valence-corrected chi connectivity index (χ0v) is 7.84. The minimum atomic E-state index is 0.724. The first-order chi connectivity index (χ1) is 6.42. The predicted octanol–water partition coefficient (Wildman–Crippen LogP) is 2.29. The van der Waals surface area contributed by atoms with Gasteiger partial charge in [-0.3, -0.25) is 0 Å². The van der Waals surface area contributed by atoms with E-state index in [0.717, 1.165) is 22.6 Å². The maximum atomic E-state index is 4.15. The van der Waals surface area contributed by atoms with Gasteiger partial charge in [-0.05, 0) is 11.4 Å². The van der Waals surface area contributed by atoms with Gasteiger partial charge in [0.1, 0.15) is 17.0 Å². The normalized spacial score (nSPS) is 10.2. The van der Waals surface area contributed by atoms with Crippen molar-refractivity contribution < 1.29 is 0 Å². The molecule has 0 saturated carbocycles. The molecule has 2 aromatic rings. The Bertz CT molecular complexity index is 421. The maximum absolute atomic E-state index is 4.15. The number of thiophene rings is 1. The molecule has 2 rings (SSSR count). The van der Waals surface area contributed by atoms with Gasteiger partial charge in [-0.2, -0.15) is 0 Å². The van der Waals surface area contributed by atoms with Crippen molar-refractivity contribution in [2.45, 2.75) is 0 Å². The zero-order valence-electron chi connectivity index (χ0n) is 7.03. The molecule has 1 N–H and O–H groups in total. The Kier molecular flexibility index (Phi) is 2.23. The van der Waals surface area contributed by atoms with Gasteiger partial charge >= 0.3 is 0 Å². The Hall–Kier alpha value is -1.42. The van der Waals surface area contributed by atoms with Crippen molar-refractivity contribution in [2.75, 3.05) is 11.9 Å². The van der Waals surface area contributed by atoms with E-state index in [9.17, 15) is 0 Å². The molecule has 0 amide bonds. The molecule has 4 heteroatoms. The number of anilines is 1. The summed E-state index contributed by atoms with van der Waals surface area (Å²) in [5, 5.41) is 6.25. The van der Waals surface area contributed by atoms with Crippen LogP contribution in [-0.4, -0.2) is 16.5 Å². The van der Waals surface area contributed by atoms with Gasteiger partial charge in [0, 0.05) is 6.54 Å². The Labute approximate surface area is 80.1 Å². The molecule has 66 valence electrons. The minimum Gasteiger partial charge on any atom is -0.366 e. The van der Waals surface area contributed by atoms with E-state index in [1.165, 1.54) is 0 Å². The van der Waals surface area contributed by atoms with Crippen LogP contribution < -0.4 is 5.32 Å². The quantitative estimate of drug-likeness (QED) is 0.756. The number of rotatable bonds is 3. The summed E-state index contributed by atoms with van der Waals surface area (Å²) in [5.74, 6) is 0.881. The van der Waals surface area contributed by atoms with Gasteiger partial charge in [0.15, 0.2) is 0 Å². The summed E-state index contributed by atoms with van der Waals surface area (Å²) in [6.07, 6.45) is 3.38. The van der Waals surface area contributed by atoms with E-state index in [0.29, 0.717) is 0 Å². The number of hydrogen-bond acceptors (Lipinski definition) is 4. The lowest BCUT2D eigenvalue weighted by Crippen LogP contribution is -2.00. The molecular formula is C9H9N3S. The molecule has 0 saturated heterocycles. The molecule has 0 fully saturated rings. The number of hydrogen-bond donors (Lipinski definition) is 1. The number of aromatic nitrogens is 2. The molecule has 0 spiro atoms. The Morgan fingerprint density at radius 3 is 3.31 bits per heavy atom. The van der Waals surface area contributed by atoms with Crippen molar-refractivity contribution in [2.24, 2.45) is 0 Å². The van der Waals surface area contributed by atoms with Crippen molar-refractivity contribution in [3.8, 4) is 0 Å². The number of nitrogens with zero attached hydrogens (tertiary/aromatic N) is 2. The van der Waals surface area contributed by atoms with Crippen LogP contribution in [0.25, 0.3) is 10.2 Å². The third-order valence-corrected chi connectivity index (χ3v) is 2.50. The summed E-state index contributed by atoms with van der Waals surface area (Å²) in [6, 6.07) is 2.02. The van der Waals surface area contributed by atoms with Crippen molar-refractivity contribution in [1.82, 2.24) is 9.97 Å². The van der Waals surface area contributed by atoms with Gasteiger partial charge in [0.25, 0.3) is 0 Å². The summed E-state index contributed by atoms with van der Waals surface area (Å²) < 4.78 is 0. The van der Waals surface area contributed by atoms with Gasteiger partial charge in [0.05, 0.1) is 5.39 Å². The fourth-order valence-electron chi connectivity index (χ4n) is 1.10. The molecule has 0 atom stereocenters. The summed E-state index contributed by atoms with van der Waals surface area (Å²) in [5.41, 5.74) is 0. The Balaban J connectivity index is 2.42. The largest absolute Gasteiger partial charge is 0.366 e. The van der Waals surface area contributed by atoms with Gasteiger partial charge in [0.2, 0.25) is 0 Å². The lowest BCUT2D eigenvalue weighted by Gasteiger charge is -2.01. The lowest BCUT2D eigenvalue weighted by atomic mass is 10.4. The first-order valence-electron chi connectivity index (χ1n) is 3.95. The predicted molar refractivity (Wildman–Crippen MR) is 56.1 cm³/mol. The standard InChI is InChI=1S/C9H9N3S/c1-2-4-10-8-7-3-5-13-9(7)12-6-11-8/h2-3,5-6H,1,4H2,(H,10,11,12). The van der Waals surface area contributed by atoms with Crippen LogP contribution in [0.5, 0.6) is 0 Å². The van der Waals surface area contributed by atoms with E-state index in [1.807, 2.05) is 11.4 Å². The molecule has 2 heterocycles. The fraction of sp³-hybridized carbons (Fsp3) is 0.111. The molecule has 0 unspecified atom stereocenters. The van der Waals surface area contributed by atoms with E-state index in [-0.39, 0.29) is 0 Å². The van der Waals surface area contributed by atoms with E-state index in [1.54, 1.807) is 23.7 Å². The molecule has 0 aliphatic heterocycles. The third kappa shape index (κ3) is 1.53.